The quantitative estimate of drug-likeness (QED) is 0.691. The molecule has 0 aliphatic heterocycles. The molecule has 3 aromatic rings. The number of hydrogen-bond acceptors (Lipinski definition) is 5. The van der Waals surface area contributed by atoms with E-state index in [1.165, 1.54) is 4.68 Å². The molecule has 3 heterocycles. The highest BCUT2D eigenvalue weighted by Gasteiger charge is 2.12. The molecule has 0 amide bonds. The minimum Gasteiger partial charge on any atom is -0.381 e. The van der Waals surface area contributed by atoms with Gasteiger partial charge in [0.1, 0.15) is 10.8 Å². The van der Waals surface area contributed by atoms with Crippen molar-refractivity contribution in [1.29, 1.82) is 0 Å². The minimum absolute atomic E-state index is 0.256. The van der Waals surface area contributed by atoms with Gasteiger partial charge in [0.15, 0.2) is 11.6 Å². The Kier molecular flexibility index (Phi) is 2.02. The maximum absolute atomic E-state index is 5.86. The van der Waals surface area contributed by atoms with Crippen LogP contribution in [-0.2, 0) is 0 Å². The first-order valence-electron chi connectivity index (χ1n) is 4.84. The summed E-state index contributed by atoms with van der Waals surface area (Å²) < 4.78 is 3.30. The van der Waals surface area contributed by atoms with E-state index in [0.29, 0.717) is 16.5 Å². The summed E-state index contributed by atoms with van der Waals surface area (Å²) >= 11 is 5.86. The van der Waals surface area contributed by atoms with Gasteiger partial charge in [0.25, 0.3) is 0 Å². The molecule has 0 bridgehead atoms. The molecule has 0 saturated heterocycles. The van der Waals surface area contributed by atoms with Crippen LogP contribution in [0, 0.1) is 6.92 Å². The van der Waals surface area contributed by atoms with Crippen LogP contribution in [0.25, 0.3) is 11.5 Å². The van der Waals surface area contributed by atoms with E-state index in [9.17, 15) is 0 Å². The summed E-state index contributed by atoms with van der Waals surface area (Å²) in [5.41, 5.74) is 6.19. The van der Waals surface area contributed by atoms with Gasteiger partial charge in [-0.2, -0.15) is 0 Å². The zero-order valence-corrected chi connectivity index (χ0v) is 9.63. The van der Waals surface area contributed by atoms with Crippen LogP contribution < -0.4 is 5.73 Å². The van der Waals surface area contributed by atoms with Crippen LogP contribution in [0.2, 0.25) is 5.02 Å². The molecule has 17 heavy (non-hydrogen) atoms. The lowest BCUT2D eigenvalue weighted by Gasteiger charge is -2.01. The molecule has 0 saturated carbocycles. The first-order chi connectivity index (χ1) is 8.16. The van der Waals surface area contributed by atoms with E-state index >= 15 is 0 Å². The molecular formula is C9H8ClN7. The fourth-order valence-electron chi connectivity index (χ4n) is 1.56. The number of nitrogens with two attached hydrogens (primary N) is 1. The van der Waals surface area contributed by atoms with Crippen molar-refractivity contribution in [3.05, 3.63) is 29.4 Å². The predicted molar refractivity (Wildman–Crippen MR) is 62.1 cm³/mol. The van der Waals surface area contributed by atoms with Crippen molar-refractivity contribution in [1.82, 2.24) is 29.4 Å². The third-order valence-electron chi connectivity index (χ3n) is 2.39. The molecule has 3 rings (SSSR count). The molecule has 8 heteroatoms. The van der Waals surface area contributed by atoms with Crippen LogP contribution in [0.4, 0.5) is 5.82 Å². The maximum atomic E-state index is 5.86. The topological polar surface area (TPSA) is 86.9 Å². The fourth-order valence-corrected chi connectivity index (χ4v) is 1.70. The standard InChI is InChI=1S/C9H8ClN7/c1-5-13-14-9-8(12-2-3-16(5)9)17-4-6(10)7(11)15-17/h2-4H,1H3,(H2,11,15). The van der Waals surface area contributed by atoms with Gasteiger partial charge in [-0.05, 0) is 6.92 Å². The zero-order valence-electron chi connectivity index (χ0n) is 8.87. The number of halogens is 1. The molecule has 2 N–H and O–H groups in total. The fraction of sp³-hybridized carbons (Fsp3) is 0.111. The Labute approximate surface area is 101 Å². The zero-order chi connectivity index (χ0) is 12.0. The summed E-state index contributed by atoms with van der Waals surface area (Å²) in [6, 6.07) is 0. The van der Waals surface area contributed by atoms with Crippen LogP contribution in [0.1, 0.15) is 5.82 Å². The monoisotopic (exact) mass is 249 g/mol. The Hall–Kier alpha value is -2.15. The third kappa shape index (κ3) is 1.43. The highest BCUT2D eigenvalue weighted by atomic mass is 35.5. The Morgan fingerprint density at radius 1 is 1.35 bits per heavy atom. The summed E-state index contributed by atoms with van der Waals surface area (Å²) in [7, 11) is 0. The van der Waals surface area contributed by atoms with Crippen LogP contribution in [0.15, 0.2) is 18.6 Å². The number of fused-ring (bicyclic) bond motifs is 1. The molecule has 86 valence electrons. The van der Waals surface area contributed by atoms with Crippen LogP contribution in [0.5, 0.6) is 0 Å². The summed E-state index contributed by atoms with van der Waals surface area (Å²) in [4.78, 5) is 4.21. The van der Waals surface area contributed by atoms with Gasteiger partial charge in [0.05, 0.1) is 6.20 Å². The Bertz CT molecular complexity index is 679. The highest BCUT2D eigenvalue weighted by Crippen LogP contribution is 2.19. The second-order valence-corrected chi connectivity index (χ2v) is 3.91. The van der Waals surface area contributed by atoms with Gasteiger partial charge in [-0.25, -0.2) is 9.67 Å². The number of rotatable bonds is 1. The van der Waals surface area contributed by atoms with E-state index in [-0.39, 0.29) is 5.82 Å². The molecule has 0 fully saturated rings. The Morgan fingerprint density at radius 3 is 2.88 bits per heavy atom. The smallest absolute Gasteiger partial charge is 0.206 e. The first kappa shape index (κ1) is 10.0. The van der Waals surface area contributed by atoms with Crippen LogP contribution in [0.3, 0.4) is 0 Å². The number of aromatic nitrogens is 6. The van der Waals surface area contributed by atoms with Crippen molar-refractivity contribution in [2.75, 3.05) is 5.73 Å². The summed E-state index contributed by atoms with van der Waals surface area (Å²) in [6.45, 7) is 1.86. The molecule has 7 nitrogen and oxygen atoms in total. The average Bonchev–Trinajstić information content (AvgIpc) is 2.84. The van der Waals surface area contributed by atoms with E-state index in [1.807, 2.05) is 11.3 Å². The molecule has 0 aromatic carbocycles. The lowest BCUT2D eigenvalue weighted by atomic mass is 10.5. The van der Waals surface area contributed by atoms with Crippen molar-refractivity contribution in [2.24, 2.45) is 0 Å². The Balaban J connectivity index is 2.30. The van der Waals surface area contributed by atoms with Gasteiger partial charge >= 0.3 is 0 Å². The van der Waals surface area contributed by atoms with Crippen LogP contribution in [-0.4, -0.2) is 29.4 Å². The number of nitrogen functional groups attached to an aromatic ring is 1. The molecule has 0 aliphatic rings. The molecule has 0 unspecified atom stereocenters. The second kappa shape index (κ2) is 3.42. The van der Waals surface area contributed by atoms with Crippen molar-refractivity contribution < 1.29 is 0 Å². The SMILES string of the molecule is Cc1nnc2c(-n3cc(Cl)c(N)n3)nccn12. The summed E-state index contributed by atoms with van der Waals surface area (Å²) in [5.74, 6) is 1.56. The normalized spacial score (nSPS) is 11.2. The van der Waals surface area contributed by atoms with E-state index in [0.717, 1.165) is 5.82 Å². The van der Waals surface area contributed by atoms with Crippen molar-refractivity contribution in [3.63, 3.8) is 0 Å². The predicted octanol–water partition coefficient (Wildman–Crippen LogP) is 0.854. The first-order valence-corrected chi connectivity index (χ1v) is 5.22. The molecule has 0 radical (unpaired) electrons. The molecule has 0 atom stereocenters. The molecular weight excluding hydrogens is 242 g/mol. The summed E-state index contributed by atoms with van der Waals surface area (Å²) in [5, 5.41) is 12.5. The number of hydrogen-bond donors (Lipinski definition) is 1. The van der Waals surface area contributed by atoms with Gasteiger partial charge in [0.2, 0.25) is 5.65 Å². The molecule has 3 aromatic heterocycles. The average molecular weight is 250 g/mol. The second-order valence-electron chi connectivity index (χ2n) is 3.50. The minimum atomic E-state index is 0.256. The van der Waals surface area contributed by atoms with Gasteiger partial charge in [-0.3, -0.25) is 4.40 Å². The number of anilines is 1. The lowest BCUT2D eigenvalue weighted by Crippen LogP contribution is -2.03. The van der Waals surface area contributed by atoms with E-state index in [1.54, 1.807) is 18.6 Å². The maximum Gasteiger partial charge on any atom is 0.206 e. The van der Waals surface area contributed by atoms with Crippen LogP contribution >= 0.6 is 11.6 Å². The van der Waals surface area contributed by atoms with Gasteiger partial charge in [0, 0.05) is 12.4 Å². The van der Waals surface area contributed by atoms with Gasteiger partial charge in [-0.1, -0.05) is 11.6 Å². The molecule has 0 spiro atoms. The van der Waals surface area contributed by atoms with E-state index in [4.69, 9.17) is 17.3 Å². The Morgan fingerprint density at radius 2 is 2.18 bits per heavy atom. The summed E-state index contributed by atoms with van der Waals surface area (Å²) in [6.07, 6.45) is 5.01. The van der Waals surface area contributed by atoms with Gasteiger partial charge < -0.3 is 5.73 Å². The number of nitrogens with zero attached hydrogens (tertiary/aromatic N) is 6. The van der Waals surface area contributed by atoms with Crippen molar-refractivity contribution >= 4 is 23.1 Å². The lowest BCUT2D eigenvalue weighted by molar-refractivity contribution is 0.844. The van der Waals surface area contributed by atoms with E-state index in [2.05, 4.69) is 20.3 Å². The largest absolute Gasteiger partial charge is 0.381 e. The van der Waals surface area contributed by atoms with E-state index < -0.39 is 0 Å². The van der Waals surface area contributed by atoms with Crippen molar-refractivity contribution in [3.8, 4) is 5.82 Å². The van der Waals surface area contributed by atoms with Crippen molar-refractivity contribution in [2.45, 2.75) is 6.92 Å². The number of aryl methyl sites for hydroxylation is 1. The third-order valence-corrected chi connectivity index (χ3v) is 2.68. The highest BCUT2D eigenvalue weighted by molar-refractivity contribution is 6.32. The molecule has 0 aliphatic carbocycles. The van der Waals surface area contributed by atoms with Gasteiger partial charge in [-0.15, -0.1) is 15.3 Å².